The fourth-order valence-electron chi connectivity index (χ4n) is 1.99. The predicted octanol–water partition coefficient (Wildman–Crippen LogP) is 2.73. The fourth-order valence-corrected chi connectivity index (χ4v) is 2.15. The van der Waals surface area contributed by atoms with Crippen molar-refractivity contribution < 1.29 is 13.2 Å². The van der Waals surface area contributed by atoms with Gasteiger partial charge in [0.05, 0.1) is 5.56 Å². The van der Waals surface area contributed by atoms with Crippen LogP contribution in [-0.4, -0.2) is 44.1 Å². The van der Waals surface area contributed by atoms with Crippen molar-refractivity contribution in [3.63, 3.8) is 0 Å². The molecule has 0 aliphatic heterocycles. The Kier molecular flexibility index (Phi) is 5.98. The number of nitrogens with two attached hydrogens (primary N) is 1. The number of anilines is 1. The summed E-state index contributed by atoms with van der Waals surface area (Å²) in [7, 11) is 5.76. The van der Waals surface area contributed by atoms with Crippen molar-refractivity contribution in [2.75, 3.05) is 39.1 Å². The monoisotopic (exact) mass is 319 g/mol. The molecule has 0 aliphatic rings. The average Bonchev–Trinajstić information content (AvgIpc) is 2.36. The van der Waals surface area contributed by atoms with E-state index >= 15 is 0 Å². The molecule has 0 aromatic heterocycles. The molecule has 0 amide bonds. The van der Waals surface area contributed by atoms with Crippen LogP contribution in [0.2, 0.25) is 0 Å². The molecular formula is C14H20F3N3S. The van der Waals surface area contributed by atoms with Gasteiger partial charge in [0.25, 0.3) is 0 Å². The molecule has 1 rings (SSSR count). The van der Waals surface area contributed by atoms with Gasteiger partial charge in [0.1, 0.15) is 4.99 Å². The van der Waals surface area contributed by atoms with Crippen LogP contribution >= 0.6 is 12.2 Å². The number of halogens is 3. The van der Waals surface area contributed by atoms with E-state index in [9.17, 15) is 13.2 Å². The molecule has 0 heterocycles. The Morgan fingerprint density at radius 2 is 1.81 bits per heavy atom. The van der Waals surface area contributed by atoms with E-state index in [-0.39, 0.29) is 10.6 Å². The maximum Gasteiger partial charge on any atom is 0.416 e. The molecule has 0 saturated heterocycles. The van der Waals surface area contributed by atoms with Crippen LogP contribution in [0.25, 0.3) is 0 Å². The minimum atomic E-state index is -4.40. The van der Waals surface area contributed by atoms with Gasteiger partial charge in [-0.15, -0.1) is 0 Å². The van der Waals surface area contributed by atoms with Gasteiger partial charge in [-0.3, -0.25) is 0 Å². The first kappa shape index (κ1) is 17.7. The molecule has 0 atom stereocenters. The lowest BCUT2D eigenvalue weighted by molar-refractivity contribution is -0.137. The topological polar surface area (TPSA) is 32.5 Å². The lowest BCUT2D eigenvalue weighted by atomic mass is 10.1. The summed E-state index contributed by atoms with van der Waals surface area (Å²) >= 11 is 4.88. The third kappa shape index (κ3) is 5.17. The number of benzene rings is 1. The smallest absolute Gasteiger partial charge is 0.389 e. The summed E-state index contributed by atoms with van der Waals surface area (Å²) in [6, 6.07) is 3.49. The Morgan fingerprint density at radius 1 is 1.19 bits per heavy atom. The van der Waals surface area contributed by atoms with Gasteiger partial charge in [-0.05, 0) is 45.3 Å². The zero-order valence-corrected chi connectivity index (χ0v) is 13.2. The molecule has 0 spiro atoms. The highest BCUT2D eigenvalue weighted by atomic mass is 32.1. The summed E-state index contributed by atoms with van der Waals surface area (Å²) < 4.78 is 38.3. The molecule has 0 bridgehead atoms. The van der Waals surface area contributed by atoms with E-state index in [0.717, 1.165) is 25.1 Å². The van der Waals surface area contributed by atoms with Gasteiger partial charge in [0.15, 0.2) is 0 Å². The highest BCUT2D eigenvalue weighted by Gasteiger charge is 2.31. The maximum atomic E-state index is 12.8. The quantitative estimate of drug-likeness (QED) is 0.817. The van der Waals surface area contributed by atoms with Gasteiger partial charge >= 0.3 is 6.18 Å². The summed E-state index contributed by atoms with van der Waals surface area (Å²) in [5, 5.41) is 0. The van der Waals surface area contributed by atoms with E-state index in [1.54, 1.807) is 0 Å². The molecular weight excluding hydrogens is 299 g/mol. The first-order valence-electron chi connectivity index (χ1n) is 6.50. The SMILES string of the molecule is CN(C)CCCN(C)c1ccc(C(F)(F)F)cc1C(N)=S. The van der Waals surface area contributed by atoms with Crippen LogP contribution < -0.4 is 10.6 Å². The third-order valence-electron chi connectivity index (χ3n) is 3.10. The first-order valence-corrected chi connectivity index (χ1v) is 6.90. The van der Waals surface area contributed by atoms with Crippen LogP contribution in [0.1, 0.15) is 17.5 Å². The lowest BCUT2D eigenvalue weighted by Crippen LogP contribution is -2.26. The van der Waals surface area contributed by atoms with Gasteiger partial charge in [0, 0.05) is 24.8 Å². The maximum absolute atomic E-state index is 12.8. The van der Waals surface area contributed by atoms with Crippen molar-refractivity contribution in [1.29, 1.82) is 0 Å². The molecule has 7 heteroatoms. The molecule has 1 aromatic rings. The molecule has 118 valence electrons. The zero-order chi connectivity index (χ0) is 16.2. The summed E-state index contributed by atoms with van der Waals surface area (Å²) in [6.45, 7) is 1.60. The van der Waals surface area contributed by atoms with Crippen molar-refractivity contribution >= 4 is 22.9 Å². The van der Waals surface area contributed by atoms with E-state index in [1.807, 2.05) is 26.0 Å². The molecule has 3 nitrogen and oxygen atoms in total. The summed E-state index contributed by atoms with van der Waals surface area (Å²) in [5.74, 6) is 0. The van der Waals surface area contributed by atoms with E-state index in [0.29, 0.717) is 12.2 Å². The second-order valence-electron chi connectivity index (χ2n) is 5.17. The van der Waals surface area contributed by atoms with Crippen LogP contribution in [0.4, 0.5) is 18.9 Å². The van der Waals surface area contributed by atoms with Gasteiger partial charge in [-0.25, -0.2) is 0 Å². The molecule has 0 unspecified atom stereocenters. The number of alkyl halides is 3. The molecule has 0 aliphatic carbocycles. The van der Waals surface area contributed by atoms with Crippen LogP contribution in [0, 0.1) is 0 Å². The second-order valence-corrected chi connectivity index (χ2v) is 5.61. The number of rotatable bonds is 6. The van der Waals surface area contributed by atoms with E-state index < -0.39 is 11.7 Å². The Morgan fingerprint density at radius 3 is 2.29 bits per heavy atom. The van der Waals surface area contributed by atoms with E-state index in [4.69, 9.17) is 18.0 Å². The number of hydrogen-bond acceptors (Lipinski definition) is 3. The molecule has 0 radical (unpaired) electrons. The van der Waals surface area contributed by atoms with Crippen LogP contribution in [0.15, 0.2) is 18.2 Å². The second kappa shape index (κ2) is 7.09. The summed E-state index contributed by atoms with van der Waals surface area (Å²) in [4.78, 5) is 3.89. The standard InChI is InChI=1S/C14H20F3N3S/c1-19(2)7-4-8-20(3)12-6-5-10(14(15,16)17)9-11(12)13(18)21/h5-6,9H,4,7-8H2,1-3H3,(H2,18,21). The Hall–Kier alpha value is -1.34. The highest BCUT2D eigenvalue weighted by molar-refractivity contribution is 7.80. The number of thiocarbonyl (C=S) groups is 1. The minimum absolute atomic E-state index is 0.0319. The summed E-state index contributed by atoms with van der Waals surface area (Å²) in [6.07, 6.45) is -3.51. The lowest BCUT2D eigenvalue weighted by Gasteiger charge is -2.24. The predicted molar refractivity (Wildman–Crippen MR) is 83.8 cm³/mol. The van der Waals surface area contributed by atoms with Crippen molar-refractivity contribution in [2.24, 2.45) is 5.73 Å². The van der Waals surface area contributed by atoms with Crippen LogP contribution in [-0.2, 0) is 6.18 Å². The number of hydrogen-bond donors (Lipinski definition) is 1. The highest BCUT2D eigenvalue weighted by Crippen LogP contribution is 2.32. The molecule has 0 saturated carbocycles. The largest absolute Gasteiger partial charge is 0.416 e. The molecule has 1 aromatic carbocycles. The number of nitrogens with zero attached hydrogens (tertiary/aromatic N) is 2. The Labute approximate surface area is 128 Å². The van der Waals surface area contributed by atoms with Gasteiger partial charge < -0.3 is 15.5 Å². The van der Waals surface area contributed by atoms with Gasteiger partial charge in [-0.1, -0.05) is 12.2 Å². The van der Waals surface area contributed by atoms with E-state index in [1.165, 1.54) is 6.07 Å². The van der Waals surface area contributed by atoms with Crippen molar-refractivity contribution in [1.82, 2.24) is 4.90 Å². The van der Waals surface area contributed by atoms with Crippen LogP contribution in [0.5, 0.6) is 0 Å². The van der Waals surface area contributed by atoms with Gasteiger partial charge in [0.2, 0.25) is 0 Å². The molecule has 21 heavy (non-hydrogen) atoms. The fraction of sp³-hybridized carbons (Fsp3) is 0.500. The average molecular weight is 319 g/mol. The van der Waals surface area contributed by atoms with Gasteiger partial charge in [-0.2, -0.15) is 13.2 Å². The zero-order valence-electron chi connectivity index (χ0n) is 12.4. The normalized spacial score (nSPS) is 11.8. The van der Waals surface area contributed by atoms with Crippen LogP contribution in [0.3, 0.4) is 0 Å². The van der Waals surface area contributed by atoms with Crippen molar-refractivity contribution in [3.8, 4) is 0 Å². The summed E-state index contributed by atoms with van der Waals surface area (Å²) in [5.41, 5.74) is 5.71. The molecule has 2 N–H and O–H groups in total. The minimum Gasteiger partial charge on any atom is -0.389 e. The Bertz CT molecular complexity index is 501. The first-order chi connectivity index (χ1) is 9.62. The Balaban J connectivity index is 2.98. The third-order valence-corrected chi connectivity index (χ3v) is 3.32. The van der Waals surface area contributed by atoms with Crippen molar-refractivity contribution in [3.05, 3.63) is 29.3 Å². The molecule has 0 fully saturated rings. The van der Waals surface area contributed by atoms with Crippen molar-refractivity contribution in [2.45, 2.75) is 12.6 Å². The van der Waals surface area contributed by atoms with E-state index in [2.05, 4.69) is 4.90 Å².